The van der Waals surface area contributed by atoms with Crippen molar-refractivity contribution >= 4 is 5.91 Å². The van der Waals surface area contributed by atoms with Gasteiger partial charge in [0, 0.05) is 13.1 Å². The lowest BCUT2D eigenvalue weighted by Crippen LogP contribution is -2.46. The summed E-state index contributed by atoms with van der Waals surface area (Å²) in [6.45, 7) is 4.06. The lowest BCUT2D eigenvalue weighted by atomic mass is 9.78. The molecule has 1 amide bonds. The summed E-state index contributed by atoms with van der Waals surface area (Å²) in [7, 11) is 0. The zero-order chi connectivity index (χ0) is 14.7. The maximum atomic E-state index is 12.2. The third-order valence-electron chi connectivity index (χ3n) is 3.11. The molecule has 0 saturated heterocycles. The van der Waals surface area contributed by atoms with Crippen LogP contribution in [0, 0.1) is 5.41 Å². The first-order valence-corrected chi connectivity index (χ1v) is 6.86. The molecule has 0 aromatic carbocycles. The van der Waals surface area contributed by atoms with E-state index in [-0.39, 0.29) is 19.1 Å². The Morgan fingerprint density at radius 2 is 1.89 bits per heavy atom. The standard InChI is InChI=1S/C13H26F2N2O2/c1-3-5-13(10-16,6-4-2)12(18)17-7-8-19-9-11(14)15/h11H,3-10,16H2,1-2H3,(H,17,18). The van der Waals surface area contributed by atoms with E-state index in [1.54, 1.807) is 0 Å². The van der Waals surface area contributed by atoms with Gasteiger partial charge < -0.3 is 15.8 Å². The Kier molecular flexibility index (Phi) is 9.69. The average molecular weight is 280 g/mol. The summed E-state index contributed by atoms with van der Waals surface area (Å²) in [5.74, 6) is -0.0978. The fourth-order valence-corrected chi connectivity index (χ4v) is 2.20. The van der Waals surface area contributed by atoms with Crippen LogP contribution in [0.4, 0.5) is 8.78 Å². The van der Waals surface area contributed by atoms with Crippen LogP contribution in [0.5, 0.6) is 0 Å². The second-order valence-corrected chi connectivity index (χ2v) is 4.71. The third-order valence-corrected chi connectivity index (χ3v) is 3.11. The van der Waals surface area contributed by atoms with Crippen LogP contribution in [0.1, 0.15) is 39.5 Å². The van der Waals surface area contributed by atoms with Crippen molar-refractivity contribution in [2.75, 3.05) is 26.3 Å². The van der Waals surface area contributed by atoms with Gasteiger partial charge in [-0.3, -0.25) is 4.79 Å². The predicted octanol–water partition coefficient (Wildman–Crippen LogP) is 1.93. The van der Waals surface area contributed by atoms with E-state index in [1.807, 2.05) is 13.8 Å². The summed E-state index contributed by atoms with van der Waals surface area (Å²) in [6, 6.07) is 0. The Balaban J connectivity index is 4.17. The van der Waals surface area contributed by atoms with E-state index < -0.39 is 18.4 Å². The van der Waals surface area contributed by atoms with Gasteiger partial charge in [-0.05, 0) is 12.8 Å². The fraction of sp³-hybridized carbons (Fsp3) is 0.923. The lowest BCUT2D eigenvalue weighted by Gasteiger charge is -2.30. The predicted molar refractivity (Wildman–Crippen MR) is 71.1 cm³/mol. The SMILES string of the molecule is CCCC(CN)(CCC)C(=O)NCCOCC(F)F. The Labute approximate surface area is 114 Å². The summed E-state index contributed by atoms with van der Waals surface area (Å²) in [4.78, 5) is 12.2. The molecule has 0 rings (SSSR count). The Morgan fingerprint density at radius 3 is 2.32 bits per heavy atom. The number of hydrogen-bond acceptors (Lipinski definition) is 3. The molecule has 0 aliphatic heterocycles. The number of rotatable bonds is 11. The molecule has 0 aliphatic carbocycles. The molecule has 0 fully saturated rings. The van der Waals surface area contributed by atoms with E-state index in [1.165, 1.54) is 0 Å². The summed E-state index contributed by atoms with van der Waals surface area (Å²) in [5, 5.41) is 2.73. The molecule has 0 radical (unpaired) electrons. The number of alkyl halides is 2. The van der Waals surface area contributed by atoms with Gasteiger partial charge in [0.05, 0.1) is 12.0 Å². The molecule has 0 bridgehead atoms. The van der Waals surface area contributed by atoms with Crippen molar-refractivity contribution in [2.45, 2.75) is 46.0 Å². The second-order valence-electron chi connectivity index (χ2n) is 4.71. The zero-order valence-electron chi connectivity index (χ0n) is 11.9. The minimum atomic E-state index is -2.47. The number of hydrogen-bond donors (Lipinski definition) is 2. The lowest BCUT2D eigenvalue weighted by molar-refractivity contribution is -0.131. The van der Waals surface area contributed by atoms with E-state index in [4.69, 9.17) is 10.5 Å². The van der Waals surface area contributed by atoms with Gasteiger partial charge in [0.1, 0.15) is 6.61 Å². The molecule has 0 saturated carbocycles. The number of carbonyl (C=O) groups excluding carboxylic acids is 1. The van der Waals surface area contributed by atoms with Gasteiger partial charge in [0.2, 0.25) is 5.91 Å². The Hall–Kier alpha value is -0.750. The maximum absolute atomic E-state index is 12.2. The summed E-state index contributed by atoms with van der Waals surface area (Å²) in [6.07, 6.45) is 0.764. The highest BCUT2D eigenvalue weighted by Crippen LogP contribution is 2.28. The van der Waals surface area contributed by atoms with E-state index in [9.17, 15) is 13.6 Å². The highest BCUT2D eigenvalue weighted by atomic mass is 19.3. The van der Waals surface area contributed by atoms with Crippen molar-refractivity contribution in [3.8, 4) is 0 Å². The van der Waals surface area contributed by atoms with Crippen LogP contribution >= 0.6 is 0 Å². The van der Waals surface area contributed by atoms with Gasteiger partial charge in [-0.1, -0.05) is 26.7 Å². The van der Waals surface area contributed by atoms with E-state index in [0.29, 0.717) is 6.54 Å². The molecule has 6 heteroatoms. The van der Waals surface area contributed by atoms with Crippen molar-refractivity contribution in [3.63, 3.8) is 0 Å². The molecule has 0 aromatic rings. The molecule has 4 nitrogen and oxygen atoms in total. The van der Waals surface area contributed by atoms with Crippen LogP contribution < -0.4 is 11.1 Å². The summed E-state index contributed by atoms with van der Waals surface area (Å²) >= 11 is 0. The molecule has 0 spiro atoms. The van der Waals surface area contributed by atoms with Crippen LogP contribution in [0.25, 0.3) is 0 Å². The van der Waals surface area contributed by atoms with Crippen molar-refractivity contribution in [1.82, 2.24) is 5.32 Å². The fourth-order valence-electron chi connectivity index (χ4n) is 2.20. The van der Waals surface area contributed by atoms with Crippen molar-refractivity contribution < 1.29 is 18.3 Å². The topological polar surface area (TPSA) is 64.4 Å². The average Bonchev–Trinajstić information content (AvgIpc) is 2.37. The molecular weight excluding hydrogens is 254 g/mol. The molecule has 0 aromatic heterocycles. The molecule has 0 aliphatic rings. The van der Waals surface area contributed by atoms with Crippen LogP contribution in [-0.4, -0.2) is 38.6 Å². The van der Waals surface area contributed by atoms with E-state index in [0.717, 1.165) is 25.7 Å². The minimum absolute atomic E-state index is 0.0922. The molecule has 114 valence electrons. The van der Waals surface area contributed by atoms with Crippen molar-refractivity contribution in [1.29, 1.82) is 0 Å². The monoisotopic (exact) mass is 280 g/mol. The van der Waals surface area contributed by atoms with Gasteiger partial charge in [-0.25, -0.2) is 8.78 Å². The van der Waals surface area contributed by atoms with Gasteiger partial charge in [0.25, 0.3) is 6.43 Å². The Bertz CT molecular complexity index is 245. The molecule has 0 unspecified atom stereocenters. The summed E-state index contributed by atoms with van der Waals surface area (Å²) < 4.78 is 28.4. The molecule has 19 heavy (non-hydrogen) atoms. The third kappa shape index (κ3) is 6.82. The number of halogens is 2. The van der Waals surface area contributed by atoms with Gasteiger partial charge in [-0.2, -0.15) is 0 Å². The van der Waals surface area contributed by atoms with Crippen molar-refractivity contribution in [2.24, 2.45) is 11.1 Å². The number of nitrogens with one attached hydrogen (secondary N) is 1. The first-order valence-electron chi connectivity index (χ1n) is 6.86. The molecular formula is C13H26F2N2O2. The minimum Gasteiger partial charge on any atom is -0.374 e. The molecule has 0 heterocycles. The van der Waals surface area contributed by atoms with E-state index >= 15 is 0 Å². The number of amides is 1. The van der Waals surface area contributed by atoms with E-state index in [2.05, 4.69) is 5.32 Å². The van der Waals surface area contributed by atoms with Gasteiger partial charge in [-0.15, -0.1) is 0 Å². The maximum Gasteiger partial charge on any atom is 0.261 e. The Morgan fingerprint density at radius 1 is 1.32 bits per heavy atom. The largest absolute Gasteiger partial charge is 0.374 e. The van der Waals surface area contributed by atoms with Crippen LogP contribution in [0.2, 0.25) is 0 Å². The van der Waals surface area contributed by atoms with Crippen LogP contribution in [0.15, 0.2) is 0 Å². The normalized spacial score (nSPS) is 11.9. The smallest absolute Gasteiger partial charge is 0.261 e. The molecule has 0 atom stereocenters. The number of ether oxygens (including phenoxy) is 1. The zero-order valence-corrected chi connectivity index (χ0v) is 11.9. The first kappa shape index (κ1) is 18.2. The summed E-state index contributed by atoms with van der Waals surface area (Å²) in [5.41, 5.74) is 5.22. The molecule has 3 N–H and O–H groups in total. The van der Waals surface area contributed by atoms with Gasteiger partial charge in [0.15, 0.2) is 0 Å². The highest BCUT2D eigenvalue weighted by Gasteiger charge is 2.34. The quantitative estimate of drug-likeness (QED) is 0.568. The number of nitrogens with two attached hydrogens (primary N) is 1. The van der Waals surface area contributed by atoms with Crippen molar-refractivity contribution in [3.05, 3.63) is 0 Å². The van der Waals surface area contributed by atoms with Crippen LogP contribution in [0.3, 0.4) is 0 Å². The highest BCUT2D eigenvalue weighted by molar-refractivity contribution is 5.82. The van der Waals surface area contributed by atoms with Gasteiger partial charge >= 0.3 is 0 Å². The number of carbonyl (C=O) groups is 1. The first-order chi connectivity index (χ1) is 9.02. The van der Waals surface area contributed by atoms with Crippen LogP contribution in [-0.2, 0) is 9.53 Å². The second kappa shape index (κ2) is 10.1.